The van der Waals surface area contributed by atoms with Crippen LogP contribution in [0.1, 0.15) is 10.4 Å². The zero-order valence-corrected chi connectivity index (χ0v) is 10.5. The Balaban J connectivity index is 1.83. The summed E-state index contributed by atoms with van der Waals surface area (Å²) in [5, 5.41) is 5.49. The Bertz CT molecular complexity index is 414. The minimum atomic E-state index is 0.882. The Hall–Kier alpha value is -0.710. The van der Waals surface area contributed by atoms with Crippen molar-refractivity contribution in [3.63, 3.8) is 0 Å². The predicted molar refractivity (Wildman–Crippen MR) is 66.8 cm³/mol. The van der Waals surface area contributed by atoms with Gasteiger partial charge in [0.05, 0.1) is 0 Å². The molecule has 0 spiro atoms. The van der Waals surface area contributed by atoms with Gasteiger partial charge in [-0.2, -0.15) is 0 Å². The Labute approximate surface area is 101 Å². The maximum atomic E-state index is 3.98. The largest absolute Gasteiger partial charge is 0.308 e. The topological polar surface area (TPSA) is 24.9 Å². The third-order valence-electron chi connectivity index (χ3n) is 2.06. The van der Waals surface area contributed by atoms with Gasteiger partial charge in [-0.05, 0) is 45.1 Å². The van der Waals surface area contributed by atoms with Gasteiger partial charge in [0.25, 0.3) is 0 Å². The van der Waals surface area contributed by atoms with Crippen molar-refractivity contribution in [2.45, 2.75) is 13.1 Å². The number of hydrogen-bond donors (Lipinski definition) is 1. The fourth-order valence-electron chi connectivity index (χ4n) is 1.27. The predicted octanol–water partition coefficient (Wildman–Crippen LogP) is 3.20. The summed E-state index contributed by atoms with van der Waals surface area (Å²) in [5.41, 5.74) is 1.26. The number of nitrogens with zero attached hydrogens (tertiary/aromatic N) is 1. The van der Waals surface area contributed by atoms with Crippen molar-refractivity contribution in [1.29, 1.82) is 0 Å². The zero-order chi connectivity index (χ0) is 10.5. The minimum absolute atomic E-state index is 0.882. The fourth-order valence-corrected chi connectivity index (χ4v) is 2.73. The quantitative estimate of drug-likeness (QED) is 0.932. The highest BCUT2D eigenvalue weighted by molar-refractivity contribution is 9.10. The number of hydrogen-bond acceptors (Lipinski definition) is 3. The molecule has 0 fully saturated rings. The van der Waals surface area contributed by atoms with Gasteiger partial charge in [0.1, 0.15) is 0 Å². The molecular weight excluding hydrogens is 272 g/mol. The second-order valence-electron chi connectivity index (χ2n) is 3.15. The Morgan fingerprint density at radius 3 is 2.67 bits per heavy atom. The maximum Gasteiger partial charge on any atom is 0.0327 e. The van der Waals surface area contributed by atoms with Crippen LogP contribution in [0.25, 0.3) is 0 Å². The van der Waals surface area contributed by atoms with Crippen LogP contribution in [0.5, 0.6) is 0 Å². The van der Waals surface area contributed by atoms with Crippen molar-refractivity contribution < 1.29 is 0 Å². The van der Waals surface area contributed by atoms with Gasteiger partial charge in [-0.3, -0.25) is 4.98 Å². The molecule has 2 rings (SSSR count). The Morgan fingerprint density at radius 1 is 1.20 bits per heavy atom. The number of thiophene rings is 1. The van der Waals surface area contributed by atoms with Crippen molar-refractivity contribution >= 4 is 27.3 Å². The third kappa shape index (κ3) is 3.12. The van der Waals surface area contributed by atoms with Crippen LogP contribution in [0, 0.1) is 0 Å². The first-order valence-corrected chi connectivity index (χ1v) is 6.35. The van der Waals surface area contributed by atoms with Crippen molar-refractivity contribution in [1.82, 2.24) is 10.3 Å². The van der Waals surface area contributed by atoms with E-state index >= 15 is 0 Å². The molecule has 0 atom stereocenters. The molecule has 2 heterocycles. The maximum absolute atomic E-state index is 3.98. The normalized spacial score (nSPS) is 10.5. The van der Waals surface area contributed by atoms with Crippen LogP contribution in [0.3, 0.4) is 0 Å². The average molecular weight is 283 g/mol. The number of halogens is 1. The van der Waals surface area contributed by atoms with Crippen molar-refractivity contribution in [2.75, 3.05) is 0 Å². The van der Waals surface area contributed by atoms with Gasteiger partial charge in [-0.1, -0.05) is 0 Å². The molecule has 2 nitrogen and oxygen atoms in total. The van der Waals surface area contributed by atoms with Gasteiger partial charge in [0, 0.05) is 34.8 Å². The first kappa shape index (κ1) is 10.8. The first-order chi connectivity index (χ1) is 7.36. The van der Waals surface area contributed by atoms with Crippen molar-refractivity contribution in [2.24, 2.45) is 0 Å². The summed E-state index contributed by atoms with van der Waals surface area (Å²) in [6.07, 6.45) is 3.64. The van der Waals surface area contributed by atoms with E-state index in [2.05, 4.69) is 37.7 Å². The third-order valence-corrected chi connectivity index (χ3v) is 3.98. The van der Waals surface area contributed by atoms with Crippen LogP contribution in [-0.2, 0) is 13.1 Å². The van der Waals surface area contributed by atoms with E-state index in [0.29, 0.717) is 0 Å². The van der Waals surface area contributed by atoms with E-state index in [-0.39, 0.29) is 0 Å². The lowest BCUT2D eigenvalue weighted by atomic mass is 10.3. The summed E-state index contributed by atoms with van der Waals surface area (Å²) in [4.78, 5) is 5.32. The molecule has 78 valence electrons. The number of aromatic nitrogens is 1. The van der Waals surface area contributed by atoms with Gasteiger partial charge >= 0.3 is 0 Å². The average Bonchev–Trinajstić information content (AvgIpc) is 2.66. The molecule has 0 saturated heterocycles. The minimum Gasteiger partial charge on any atom is -0.308 e. The molecule has 0 radical (unpaired) electrons. The molecule has 2 aromatic heterocycles. The second kappa shape index (κ2) is 5.39. The molecule has 2 aromatic rings. The van der Waals surface area contributed by atoms with E-state index in [4.69, 9.17) is 0 Å². The molecule has 0 aliphatic heterocycles. The van der Waals surface area contributed by atoms with E-state index in [9.17, 15) is 0 Å². The highest BCUT2D eigenvalue weighted by Crippen LogP contribution is 2.22. The summed E-state index contributed by atoms with van der Waals surface area (Å²) >= 11 is 5.28. The molecule has 15 heavy (non-hydrogen) atoms. The Morgan fingerprint density at radius 2 is 2.00 bits per heavy atom. The van der Waals surface area contributed by atoms with Crippen LogP contribution in [0.2, 0.25) is 0 Å². The second-order valence-corrected chi connectivity index (χ2v) is 5.01. The molecule has 0 bridgehead atoms. The lowest BCUT2D eigenvalue weighted by molar-refractivity contribution is 0.699. The molecule has 4 heteroatoms. The molecular formula is C11H11BrN2S. The van der Waals surface area contributed by atoms with Crippen LogP contribution in [0.4, 0.5) is 0 Å². The highest BCUT2D eigenvalue weighted by Gasteiger charge is 1.99. The van der Waals surface area contributed by atoms with Crippen molar-refractivity contribution in [3.8, 4) is 0 Å². The summed E-state index contributed by atoms with van der Waals surface area (Å²) in [5.74, 6) is 0. The SMILES string of the molecule is Brc1ccsc1CNCc1ccncc1. The molecule has 0 unspecified atom stereocenters. The first-order valence-electron chi connectivity index (χ1n) is 4.68. The van der Waals surface area contributed by atoms with Crippen LogP contribution < -0.4 is 5.32 Å². The van der Waals surface area contributed by atoms with Gasteiger partial charge in [0.2, 0.25) is 0 Å². The summed E-state index contributed by atoms with van der Waals surface area (Å²) in [6.45, 7) is 1.79. The fraction of sp³-hybridized carbons (Fsp3) is 0.182. The molecule has 0 aliphatic rings. The summed E-state index contributed by atoms with van der Waals surface area (Å²) in [6, 6.07) is 6.13. The smallest absolute Gasteiger partial charge is 0.0327 e. The molecule has 1 N–H and O–H groups in total. The number of rotatable bonds is 4. The molecule has 0 aromatic carbocycles. The van der Waals surface area contributed by atoms with Crippen molar-refractivity contribution in [3.05, 3.63) is 50.9 Å². The van der Waals surface area contributed by atoms with Gasteiger partial charge in [-0.25, -0.2) is 0 Å². The van der Waals surface area contributed by atoms with Gasteiger partial charge in [0.15, 0.2) is 0 Å². The van der Waals surface area contributed by atoms with E-state index in [1.54, 1.807) is 11.3 Å². The number of nitrogens with one attached hydrogen (secondary N) is 1. The Kier molecular flexibility index (Phi) is 3.88. The monoisotopic (exact) mass is 282 g/mol. The molecule has 0 amide bonds. The van der Waals surface area contributed by atoms with E-state index in [0.717, 1.165) is 13.1 Å². The van der Waals surface area contributed by atoms with Gasteiger partial charge < -0.3 is 5.32 Å². The van der Waals surface area contributed by atoms with Crippen LogP contribution in [-0.4, -0.2) is 4.98 Å². The summed E-state index contributed by atoms with van der Waals surface area (Å²) < 4.78 is 1.19. The summed E-state index contributed by atoms with van der Waals surface area (Å²) in [7, 11) is 0. The van der Waals surface area contributed by atoms with E-state index < -0.39 is 0 Å². The lowest BCUT2D eigenvalue weighted by Gasteiger charge is -2.03. The number of pyridine rings is 1. The lowest BCUT2D eigenvalue weighted by Crippen LogP contribution is -2.11. The van der Waals surface area contributed by atoms with E-state index in [1.165, 1.54) is 14.9 Å². The molecule has 0 saturated carbocycles. The molecule has 0 aliphatic carbocycles. The standard InChI is InChI=1S/C11H11BrN2S/c12-10-3-6-15-11(10)8-14-7-9-1-4-13-5-2-9/h1-6,14H,7-8H2. The van der Waals surface area contributed by atoms with E-state index in [1.807, 2.05) is 24.5 Å². The van der Waals surface area contributed by atoms with Crippen LogP contribution in [0.15, 0.2) is 40.4 Å². The highest BCUT2D eigenvalue weighted by atomic mass is 79.9. The van der Waals surface area contributed by atoms with Crippen LogP contribution >= 0.6 is 27.3 Å². The zero-order valence-electron chi connectivity index (χ0n) is 8.11. The van der Waals surface area contributed by atoms with Gasteiger partial charge in [-0.15, -0.1) is 11.3 Å².